The van der Waals surface area contributed by atoms with E-state index in [0.717, 1.165) is 0 Å². The number of halogens is 2. The van der Waals surface area contributed by atoms with Gasteiger partial charge in [0.05, 0.1) is 11.4 Å². The van der Waals surface area contributed by atoms with Gasteiger partial charge in [0.2, 0.25) is 0 Å². The molecule has 1 rings (SSSR count). The molecule has 0 atom stereocenters. The highest BCUT2D eigenvalue weighted by Crippen LogP contribution is 2.27. The number of alkyl carbamates (subject to hydrolysis) is 1. The zero-order chi connectivity index (χ0) is 18.2. The molecule has 0 heterocycles. The molecule has 1 aromatic carbocycles. The van der Waals surface area contributed by atoms with E-state index in [1.807, 2.05) is 0 Å². The lowest BCUT2D eigenvalue weighted by atomic mass is 10.2. The van der Waals surface area contributed by atoms with Crippen LogP contribution in [0, 0.1) is 0 Å². The molecule has 0 aliphatic carbocycles. The van der Waals surface area contributed by atoms with Crippen molar-refractivity contribution in [2.24, 2.45) is 0 Å². The maximum Gasteiger partial charge on any atom is 0.407 e. The standard InChI is InChI=1S/C16H21Cl2NO5/c1-16(2,3)24-15(21)19-7-6-14(20)23-9-8-22-13-5-4-11(17)10-12(13)18/h4-5,10H,6-9H2,1-3H3,(H,19,21). The molecule has 0 aliphatic rings. The van der Waals surface area contributed by atoms with Crippen LogP contribution >= 0.6 is 23.2 Å². The Morgan fingerprint density at radius 1 is 1.17 bits per heavy atom. The third-order valence-corrected chi connectivity index (χ3v) is 3.03. The van der Waals surface area contributed by atoms with Crippen LogP contribution in [0.2, 0.25) is 10.0 Å². The van der Waals surface area contributed by atoms with Crippen LogP contribution < -0.4 is 10.1 Å². The Labute approximate surface area is 151 Å². The number of benzene rings is 1. The van der Waals surface area contributed by atoms with Gasteiger partial charge in [0.15, 0.2) is 0 Å². The fraction of sp³-hybridized carbons (Fsp3) is 0.500. The van der Waals surface area contributed by atoms with E-state index >= 15 is 0 Å². The van der Waals surface area contributed by atoms with E-state index in [1.54, 1.807) is 39.0 Å². The average molecular weight is 378 g/mol. The van der Waals surface area contributed by atoms with Gasteiger partial charge in [0, 0.05) is 11.6 Å². The van der Waals surface area contributed by atoms with E-state index in [1.165, 1.54) is 0 Å². The highest BCUT2D eigenvalue weighted by Gasteiger charge is 2.16. The van der Waals surface area contributed by atoms with Gasteiger partial charge in [-0.05, 0) is 39.0 Å². The zero-order valence-electron chi connectivity index (χ0n) is 13.9. The molecule has 0 aromatic heterocycles. The summed E-state index contributed by atoms with van der Waals surface area (Å²) in [5, 5.41) is 3.37. The average Bonchev–Trinajstić information content (AvgIpc) is 2.43. The lowest BCUT2D eigenvalue weighted by molar-refractivity contribution is -0.144. The summed E-state index contributed by atoms with van der Waals surface area (Å²) in [5.41, 5.74) is -0.579. The number of carbonyl (C=O) groups is 2. The van der Waals surface area contributed by atoms with Crippen LogP contribution in [0.4, 0.5) is 4.79 Å². The molecular formula is C16H21Cl2NO5. The van der Waals surface area contributed by atoms with Gasteiger partial charge in [-0.15, -0.1) is 0 Å². The largest absolute Gasteiger partial charge is 0.488 e. The molecule has 0 saturated heterocycles. The third-order valence-electron chi connectivity index (χ3n) is 2.50. The predicted molar refractivity (Wildman–Crippen MR) is 91.8 cm³/mol. The number of amides is 1. The molecule has 0 saturated carbocycles. The maximum absolute atomic E-state index is 11.5. The van der Waals surface area contributed by atoms with Crippen molar-refractivity contribution in [3.63, 3.8) is 0 Å². The smallest absolute Gasteiger partial charge is 0.407 e. The Balaban J connectivity index is 2.15. The molecular weight excluding hydrogens is 357 g/mol. The molecule has 0 bridgehead atoms. The molecule has 0 aliphatic heterocycles. The Bertz CT molecular complexity index is 572. The molecule has 1 aromatic rings. The van der Waals surface area contributed by atoms with Crippen molar-refractivity contribution in [3.8, 4) is 5.75 Å². The van der Waals surface area contributed by atoms with Crippen molar-refractivity contribution in [2.75, 3.05) is 19.8 Å². The lowest BCUT2D eigenvalue weighted by Gasteiger charge is -2.19. The first-order chi connectivity index (χ1) is 11.2. The van der Waals surface area contributed by atoms with E-state index in [4.69, 9.17) is 37.4 Å². The van der Waals surface area contributed by atoms with Crippen LogP contribution in [-0.2, 0) is 14.3 Å². The van der Waals surface area contributed by atoms with Crippen LogP contribution in [-0.4, -0.2) is 37.4 Å². The minimum atomic E-state index is -0.579. The van der Waals surface area contributed by atoms with E-state index in [0.29, 0.717) is 15.8 Å². The third kappa shape index (κ3) is 8.84. The summed E-state index contributed by atoms with van der Waals surface area (Å²) in [7, 11) is 0. The Hall–Kier alpha value is -1.66. The fourth-order valence-corrected chi connectivity index (χ4v) is 2.02. The molecule has 1 N–H and O–H groups in total. The quantitative estimate of drug-likeness (QED) is 0.577. The van der Waals surface area contributed by atoms with Gasteiger partial charge in [0.25, 0.3) is 0 Å². The highest BCUT2D eigenvalue weighted by molar-refractivity contribution is 6.35. The first-order valence-electron chi connectivity index (χ1n) is 7.38. The molecule has 1 amide bonds. The fourth-order valence-electron chi connectivity index (χ4n) is 1.55. The van der Waals surface area contributed by atoms with E-state index in [9.17, 15) is 9.59 Å². The topological polar surface area (TPSA) is 73.9 Å². The summed E-state index contributed by atoms with van der Waals surface area (Å²) in [6.45, 7) is 5.64. The van der Waals surface area contributed by atoms with Gasteiger partial charge in [-0.2, -0.15) is 0 Å². The lowest BCUT2D eigenvalue weighted by Crippen LogP contribution is -2.33. The predicted octanol–water partition coefficient (Wildman–Crippen LogP) is 3.83. The van der Waals surface area contributed by atoms with Crippen molar-refractivity contribution in [1.82, 2.24) is 5.32 Å². The van der Waals surface area contributed by atoms with Crippen LogP contribution in [0.5, 0.6) is 5.75 Å². The number of rotatable bonds is 7. The number of hydrogen-bond donors (Lipinski definition) is 1. The summed E-state index contributed by atoms with van der Waals surface area (Å²) in [6, 6.07) is 4.85. The Morgan fingerprint density at radius 3 is 2.50 bits per heavy atom. The second kappa shape index (κ2) is 9.59. The molecule has 8 heteroatoms. The van der Waals surface area contributed by atoms with Crippen LogP contribution in [0.25, 0.3) is 0 Å². The summed E-state index contributed by atoms with van der Waals surface area (Å²) < 4.78 is 15.4. The summed E-state index contributed by atoms with van der Waals surface area (Å²) in [6.07, 6.45) is -0.531. The van der Waals surface area contributed by atoms with Crippen LogP contribution in [0.15, 0.2) is 18.2 Å². The van der Waals surface area contributed by atoms with E-state index in [2.05, 4.69) is 5.32 Å². The van der Waals surface area contributed by atoms with Crippen molar-refractivity contribution in [1.29, 1.82) is 0 Å². The zero-order valence-corrected chi connectivity index (χ0v) is 15.4. The van der Waals surface area contributed by atoms with Crippen molar-refractivity contribution >= 4 is 35.3 Å². The van der Waals surface area contributed by atoms with Gasteiger partial charge in [0.1, 0.15) is 24.6 Å². The molecule has 0 radical (unpaired) electrons. The molecule has 0 unspecified atom stereocenters. The summed E-state index contributed by atoms with van der Waals surface area (Å²) >= 11 is 11.7. The first-order valence-corrected chi connectivity index (χ1v) is 8.13. The van der Waals surface area contributed by atoms with Crippen molar-refractivity contribution in [3.05, 3.63) is 28.2 Å². The summed E-state index contributed by atoms with van der Waals surface area (Å²) in [5.74, 6) is 0.0144. The SMILES string of the molecule is CC(C)(C)OC(=O)NCCC(=O)OCCOc1ccc(Cl)cc1Cl. The van der Waals surface area contributed by atoms with E-state index in [-0.39, 0.29) is 26.2 Å². The highest BCUT2D eigenvalue weighted by atomic mass is 35.5. The number of nitrogens with one attached hydrogen (secondary N) is 1. The molecule has 0 spiro atoms. The molecule has 134 valence electrons. The number of esters is 1. The Kier molecular flexibility index (Phi) is 8.15. The first kappa shape index (κ1) is 20.4. The van der Waals surface area contributed by atoms with Crippen LogP contribution in [0.3, 0.4) is 0 Å². The number of ether oxygens (including phenoxy) is 3. The van der Waals surface area contributed by atoms with Crippen molar-refractivity contribution < 1.29 is 23.8 Å². The summed E-state index contributed by atoms with van der Waals surface area (Å²) in [4.78, 5) is 22.9. The monoisotopic (exact) mass is 377 g/mol. The van der Waals surface area contributed by atoms with Gasteiger partial charge in [-0.1, -0.05) is 23.2 Å². The number of hydrogen-bond acceptors (Lipinski definition) is 5. The minimum Gasteiger partial charge on any atom is -0.488 e. The molecule has 0 fully saturated rings. The molecule has 6 nitrogen and oxygen atoms in total. The van der Waals surface area contributed by atoms with Gasteiger partial charge in [-0.3, -0.25) is 4.79 Å². The van der Waals surface area contributed by atoms with Crippen LogP contribution in [0.1, 0.15) is 27.2 Å². The second-order valence-corrected chi connectivity index (χ2v) is 6.67. The Morgan fingerprint density at radius 2 is 1.88 bits per heavy atom. The normalized spacial score (nSPS) is 10.9. The van der Waals surface area contributed by atoms with Gasteiger partial charge in [-0.25, -0.2) is 4.79 Å². The van der Waals surface area contributed by atoms with Gasteiger partial charge < -0.3 is 19.5 Å². The maximum atomic E-state index is 11.5. The molecule has 24 heavy (non-hydrogen) atoms. The van der Waals surface area contributed by atoms with Crippen molar-refractivity contribution in [2.45, 2.75) is 32.8 Å². The van der Waals surface area contributed by atoms with E-state index < -0.39 is 17.7 Å². The van der Waals surface area contributed by atoms with Gasteiger partial charge >= 0.3 is 12.1 Å². The second-order valence-electron chi connectivity index (χ2n) is 5.82. The number of carbonyl (C=O) groups excluding carboxylic acids is 2. The minimum absolute atomic E-state index is 0.0426.